The van der Waals surface area contributed by atoms with E-state index in [2.05, 4.69) is 15.9 Å². The maximum Gasteiger partial charge on any atom is 0.419 e. The lowest BCUT2D eigenvalue weighted by Gasteiger charge is -2.12. The van der Waals surface area contributed by atoms with Crippen molar-refractivity contribution >= 4 is 31.6 Å². The maximum atomic E-state index is 13.2. The van der Waals surface area contributed by atoms with Crippen LogP contribution in [0.3, 0.4) is 0 Å². The number of sulfonamides is 1. The predicted molar refractivity (Wildman–Crippen MR) is 76.4 cm³/mol. The summed E-state index contributed by atoms with van der Waals surface area (Å²) in [6.45, 7) is 0. The molecule has 0 aromatic heterocycles. The summed E-state index contributed by atoms with van der Waals surface area (Å²) in [5.74, 6) is -1.47. The first-order valence-corrected chi connectivity index (χ1v) is 8.02. The molecule has 2 aromatic rings. The Labute approximate surface area is 132 Å². The molecule has 0 atom stereocenters. The van der Waals surface area contributed by atoms with Crippen molar-refractivity contribution in [3.05, 3.63) is 58.3 Å². The number of alkyl halides is 3. The first-order valence-electron chi connectivity index (χ1n) is 5.75. The van der Waals surface area contributed by atoms with Crippen molar-refractivity contribution in [1.29, 1.82) is 0 Å². The molecule has 0 heterocycles. The zero-order chi connectivity index (χ0) is 16.5. The van der Waals surface area contributed by atoms with E-state index in [-0.39, 0.29) is 10.6 Å². The molecule has 0 aliphatic rings. The minimum Gasteiger partial charge on any atom is -0.280 e. The van der Waals surface area contributed by atoms with Crippen molar-refractivity contribution in [2.24, 2.45) is 0 Å². The average Bonchev–Trinajstić information content (AvgIpc) is 2.39. The summed E-state index contributed by atoms with van der Waals surface area (Å²) in [4.78, 5) is -0.139. The van der Waals surface area contributed by atoms with Gasteiger partial charge in [0.2, 0.25) is 0 Å². The molecule has 0 saturated carbocycles. The van der Waals surface area contributed by atoms with Gasteiger partial charge >= 0.3 is 6.18 Å². The van der Waals surface area contributed by atoms with Gasteiger partial charge in [-0.3, -0.25) is 4.72 Å². The summed E-state index contributed by atoms with van der Waals surface area (Å²) in [6.07, 6.45) is -4.92. The topological polar surface area (TPSA) is 46.2 Å². The zero-order valence-corrected chi connectivity index (χ0v) is 13.1. The smallest absolute Gasteiger partial charge is 0.280 e. The van der Waals surface area contributed by atoms with E-state index in [0.29, 0.717) is 16.6 Å². The molecule has 1 N–H and O–H groups in total. The van der Waals surface area contributed by atoms with Crippen LogP contribution in [-0.2, 0) is 16.2 Å². The second-order valence-corrected chi connectivity index (χ2v) is 6.85. The lowest BCUT2D eigenvalue weighted by molar-refractivity contribution is -0.139. The Kier molecular flexibility index (Phi) is 4.48. The fourth-order valence-corrected chi connectivity index (χ4v) is 3.30. The Hall–Kier alpha value is -1.61. The number of hydrogen-bond acceptors (Lipinski definition) is 2. The van der Waals surface area contributed by atoms with E-state index in [0.717, 1.165) is 6.07 Å². The van der Waals surface area contributed by atoms with Gasteiger partial charge in [-0.2, -0.15) is 13.2 Å². The molecule has 0 bridgehead atoms. The average molecular weight is 398 g/mol. The summed E-state index contributed by atoms with van der Waals surface area (Å²) in [5, 5.41) is 0. The molecular formula is C13H8BrF4NO2S. The summed E-state index contributed by atoms with van der Waals surface area (Å²) < 4.78 is 77.7. The summed E-state index contributed by atoms with van der Waals surface area (Å²) in [7, 11) is -4.08. The van der Waals surface area contributed by atoms with Crippen LogP contribution in [0.1, 0.15) is 5.56 Å². The summed E-state index contributed by atoms with van der Waals surface area (Å²) in [5.41, 5.74) is -1.92. The SMILES string of the molecule is O=S(=O)(Nc1ccc(F)c(C(F)(F)F)c1)c1cccc(Br)c1. The number of nitrogens with one attached hydrogen (secondary N) is 1. The molecule has 0 radical (unpaired) electrons. The molecule has 3 nitrogen and oxygen atoms in total. The van der Waals surface area contributed by atoms with Crippen molar-refractivity contribution in [3.63, 3.8) is 0 Å². The van der Waals surface area contributed by atoms with E-state index in [1.165, 1.54) is 18.2 Å². The van der Waals surface area contributed by atoms with Crippen molar-refractivity contribution in [2.45, 2.75) is 11.1 Å². The third-order valence-electron chi connectivity index (χ3n) is 2.63. The molecule has 0 aliphatic carbocycles. The van der Waals surface area contributed by atoms with E-state index >= 15 is 0 Å². The lowest BCUT2D eigenvalue weighted by atomic mass is 10.2. The molecule has 2 aromatic carbocycles. The minimum atomic E-state index is -4.92. The van der Waals surface area contributed by atoms with Crippen LogP contribution in [-0.4, -0.2) is 8.42 Å². The van der Waals surface area contributed by atoms with Crippen LogP contribution in [0.2, 0.25) is 0 Å². The fraction of sp³-hybridized carbons (Fsp3) is 0.0769. The van der Waals surface area contributed by atoms with E-state index in [1.807, 2.05) is 4.72 Å². The first-order chi connectivity index (χ1) is 10.1. The van der Waals surface area contributed by atoms with Gasteiger partial charge in [0.05, 0.1) is 10.5 Å². The Morgan fingerprint density at radius 2 is 1.73 bits per heavy atom. The molecule has 0 amide bonds. The van der Waals surface area contributed by atoms with Crippen LogP contribution in [0.25, 0.3) is 0 Å². The number of anilines is 1. The normalized spacial score (nSPS) is 12.2. The molecule has 22 heavy (non-hydrogen) atoms. The lowest BCUT2D eigenvalue weighted by Crippen LogP contribution is -2.15. The van der Waals surface area contributed by atoms with Crippen molar-refractivity contribution < 1.29 is 26.0 Å². The number of benzene rings is 2. The third kappa shape index (κ3) is 3.77. The number of hydrogen-bond donors (Lipinski definition) is 1. The summed E-state index contributed by atoms with van der Waals surface area (Å²) in [6, 6.07) is 7.51. The highest BCUT2D eigenvalue weighted by Crippen LogP contribution is 2.33. The second-order valence-electron chi connectivity index (χ2n) is 4.26. The van der Waals surface area contributed by atoms with Crippen molar-refractivity contribution in [3.8, 4) is 0 Å². The molecule has 0 aliphatic heterocycles. The molecule has 0 saturated heterocycles. The zero-order valence-electron chi connectivity index (χ0n) is 10.7. The van der Waals surface area contributed by atoms with Gasteiger partial charge in [0, 0.05) is 10.2 Å². The number of halogens is 5. The van der Waals surface area contributed by atoms with Gasteiger partial charge in [-0.05, 0) is 36.4 Å². The fourth-order valence-electron chi connectivity index (χ4n) is 1.65. The van der Waals surface area contributed by atoms with Gasteiger partial charge in [0.15, 0.2) is 0 Å². The van der Waals surface area contributed by atoms with Crippen LogP contribution >= 0.6 is 15.9 Å². The van der Waals surface area contributed by atoms with E-state index < -0.39 is 27.6 Å². The van der Waals surface area contributed by atoms with Gasteiger partial charge in [-0.15, -0.1) is 0 Å². The Morgan fingerprint density at radius 3 is 2.32 bits per heavy atom. The van der Waals surface area contributed by atoms with Crippen LogP contribution < -0.4 is 4.72 Å². The standard InChI is InChI=1S/C13H8BrF4NO2S/c14-8-2-1-3-10(6-8)22(20,21)19-9-4-5-12(15)11(7-9)13(16,17)18/h1-7,19H. The Bertz CT molecular complexity index is 806. The highest BCUT2D eigenvalue weighted by molar-refractivity contribution is 9.10. The minimum absolute atomic E-state index is 0.139. The maximum absolute atomic E-state index is 13.2. The monoisotopic (exact) mass is 397 g/mol. The molecule has 0 fully saturated rings. The molecule has 0 unspecified atom stereocenters. The van der Waals surface area contributed by atoms with Crippen molar-refractivity contribution in [2.75, 3.05) is 4.72 Å². The molecule has 118 valence electrons. The molecule has 0 spiro atoms. The molecule has 9 heteroatoms. The highest BCUT2D eigenvalue weighted by Gasteiger charge is 2.34. The van der Waals surface area contributed by atoms with Gasteiger partial charge in [-0.25, -0.2) is 12.8 Å². The van der Waals surface area contributed by atoms with E-state index in [9.17, 15) is 26.0 Å². The van der Waals surface area contributed by atoms with Crippen LogP contribution in [0.15, 0.2) is 51.8 Å². The second kappa shape index (κ2) is 5.88. The van der Waals surface area contributed by atoms with Crippen LogP contribution in [0.5, 0.6) is 0 Å². The predicted octanol–water partition coefficient (Wildman–Crippen LogP) is 4.41. The highest BCUT2D eigenvalue weighted by atomic mass is 79.9. The van der Waals surface area contributed by atoms with Gasteiger partial charge < -0.3 is 0 Å². The third-order valence-corrected chi connectivity index (χ3v) is 4.50. The Morgan fingerprint density at radius 1 is 1.05 bits per heavy atom. The van der Waals surface area contributed by atoms with Gasteiger partial charge in [0.1, 0.15) is 5.82 Å². The van der Waals surface area contributed by atoms with Crippen LogP contribution in [0.4, 0.5) is 23.2 Å². The largest absolute Gasteiger partial charge is 0.419 e. The van der Waals surface area contributed by atoms with E-state index in [1.54, 1.807) is 6.07 Å². The van der Waals surface area contributed by atoms with Crippen molar-refractivity contribution in [1.82, 2.24) is 0 Å². The number of rotatable bonds is 3. The summed E-state index contributed by atoms with van der Waals surface area (Å²) >= 11 is 3.10. The molecule has 2 rings (SSSR count). The quantitative estimate of drug-likeness (QED) is 0.779. The first kappa shape index (κ1) is 16.8. The van der Waals surface area contributed by atoms with Gasteiger partial charge in [-0.1, -0.05) is 22.0 Å². The van der Waals surface area contributed by atoms with E-state index in [4.69, 9.17) is 0 Å². The Balaban J connectivity index is 2.39. The molecular weight excluding hydrogens is 390 g/mol. The van der Waals surface area contributed by atoms with Gasteiger partial charge in [0.25, 0.3) is 10.0 Å². The van der Waals surface area contributed by atoms with Crippen LogP contribution in [0, 0.1) is 5.82 Å².